The van der Waals surface area contributed by atoms with Crippen LogP contribution in [0.4, 0.5) is 15.3 Å². The summed E-state index contributed by atoms with van der Waals surface area (Å²) in [4.78, 5) is 29.7. The number of guanidine groups is 1. The van der Waals surface area contributed by atoms with Crippen LogP contribution in [0.15, 0.2) is 29.3 Å². The van der Waals surface area contributed by atoms with E-state index in [1.165, 1.54) is 31.3 Å². The Balaban J connectivity index is 3.10. The Morgan fingerprint density at radius 3 is 1.96 bits per heavy atom. The molecule has 2 amide bonds. The molecule has 0 aliphatic heterocycles. The molecule has 0 radical (unpaired) electrons. The quantitative estimate of drug-likeness (QED) is 0.583. The van der Waals surface area contributed by atoms with Gasteiger partial charge in [-0.25, -0.2) is 14.6 Å². The van der Waals surface area contributed by atoms with E-state index < -0.39 is 23.4 Å². The molecule has 0 bridgehead atoms. The Kier molecular flexibility index (Phi) is 6.60. The number of phenols is 1. The minimum atomic E-state index is -0.759. The summed E-state index contributed by atoms with van der Waals surface area (Å²) < 4.78 is 10.5. The minimum Gasteiger partial charge on any atom is -0.508 e. The second-order valence-electron chi connectivity index (χ2n) is 7.62. The number of aromatic hydroxyl groups is 1. The van der Waals surface area contributed by atoms with Gasteiger partial charge in [0.2, 0.25) is 5.96 Å². The highest BCUT2D eigenvalue weighted by Gasteiger charge is 2.25. The average Bonchev–Trinajstić information content (AvgIpc) is 2.44. The fraction of sp³-hybridized carbons (Fsp3) is 0.500. The maximum Gasteiger partial charge on any atom is 0.416 e. The first kappa shape index (κ1) is 21.3. The van der Waals surface area contributed by atoms with Gasteiger partial charge in [-0.15, -0.1) is 0 Å². The monoisotopic (exact) mass is 365 g/mol. The number of phenolic OH excluding ortho intramolecular Hbond substituents is 1. The number of aliphatic imine (C=N–C) groups is 1. The van der Waals surface area contributed by atoms with Crippen LogP contribution < -0.4 is 5.32 Å². The van der Waals surface area contributed by atoms with Crippen LogP contribution in [-0.4, -0.2) is 46.4 Å². The number of rotatable bonds is 1. The molecular weight excluding hydrogens is 338 g/mol. The molecule has 1 aromatic rings. The van der Waals surface area contributed by atoms with Gasteiger partial charge in [0, 0.05) is 7.05 Å². The van der Waals surface area contributed by atoms with Gasteiger partial charge in [0.1, 0.15) is 17.0 Å². The Hall–Kier alpha value is -2.77. The highest BCUT2D eigenvalue weighted by atomic mass is 16.6. The van der Waals surface area contributed by atoms with E-state index >= 15 is 0 Å². The number of carbonyl (C=O) groups is 2. The number of amides is 2. The number of alkyl carbamates (subject to hydrolysis) is 1. The van der Waals surface area contributed by atoms with Crippen LogP contribution in [-0.2, 0) is 9.47 Å². The van der Waals surface area contributed by atoms with Gasteiger partial charge in [-0.05, 0) is 65.8 Å². The molecule has 0 aromatic heterocycles. The number of ether oxygens (including phenoxy) is 2. The van der Waals surface area contributed by atoms with Gasteiger partial charge in [-0.3, -0.25) is 10.2 Å². The fourth-order valence-corrected chi connectivity index (χ4v) is 1.65. The van der Waals surface area contributed by atoms with Crippen molar-refractivity contribution in [1.82, 2.24) is 10.2 Å². The number of benzene rings is 1. The third-order valence-corrected chi connectivity index (χ3v) is 2.68. The first-order valence-corrected chi connectivity index (χ1v) is 8.11. The number of carbonyl (C=O) groups excluding carboxylic acids is 2. The lowest BCUT2D eigenvalue weighted by atomic mass is 10.2. The molecule has 8 nitrogen and oxygen atoms in total. The highest BCUT2D eigenvalue weighted by molar-refractivity contribution is 6.02. The molecule has 0 saturated carbocycles. The van der Waals surface area contributed by atoms with Crippen LogP contribution in [0.5, 0.6) is 5.75 Å². The molecule has 144 valence electrons. The molecule has 0 spiro atoms. The highest BCUT2D eigenvalue weighted by Crippen LogP contribution is 2.18. The molecule has 0 aliphatic rings. The summed E-state index contributed by atoms with van der Waals surface area (Å²) in [7, 11) is 1.42. The maximum absolute atomic E-state index is 12.3. The van der Waals surface area contributed by atoms with E-state index in [0.717, 1.165) is 4.90 Å². The molecule has 0 atom stereocenters. The Bertz CT molecular complexity index is 670. The van der Waals surface area contributed by atoms with Crippen LogP contribution in [0.3, 0.4) is 0 Å². The van der Waals surface area contributed by atoms with E-state index in [9.17, 15) is 14.7 Å². The van der Waals surface area contributed by atoms with Crippen LogP contribution in [0.25, 0.3) is 0 Å². The number of nitrogens with zero attached hydrogens (tertiary/aromatic N) is 2. The molecule has 2 N–H and O–H groups in total. The molecule has 8 heteroatoms. The smallest absolute Gasteiger partial charge is 0.416 e. The predicted molar refractivity (Wildman–Crippen MR) is 98.6 cm³/mol. The largest absolute Gasteiger partial charge is 0.508 e. The third-order valence-electron chi connectivity index (χ3n) is 2.68. The van der Waals surface area contributed by atoms with E-state index in [-0.39, 0.29) is 11.7 Å². The van der Waals surface area contributed by atoms with Gasteiger partial charge in [-0.1, -0.05) is 0 Å². The van der Waals surface area contributed by atoms with Crippen molar-refractivity contribution >= 4 is 23.8 Å². The van der Waals surface area contributed by atoms with E-state index in [1.54, 1.807) is 41.5 Å². The Morgan fingerprint density at radius 2 is 1.50 bits per heavy atom. The standard InChI is InChI=1S/C18H27N3O5/c1-17(2,3)25-15(23)20-14(19-12-8-10-13(22)11-9-12)21(7)16(24)26-18(4,5)6/h8-11,22H,1-7H3,(H,19,20,23). The molecule has 0 heterocycles. The van der Waals surface area contributed by atoms with Crippen molar-refractivity contribution in [1.29, 1.82) is 0 Å². The van der Waals surface area contributed by atoms with Crippen LogP contribution >= 0.6 is 0 Å². The summed E-state index contributed by atoms with van der Waals surface area (Å²) in [5, 5.41) is 11.8. The summed E-state index contributed by atoms with van der Waals surface area (Å²) >= 11 is 0. The molecular formula is C18H27N3O5. The second kappa shape index (κ2) is 8.07. The van der Waals surface area contributed by atoms with Crippen molar-refractivity contribution in [3.05, 3.63) is 24.3 Å². The van der Waals surface area contributed by atoms with Crippen molar-refractivity contribution in [2.24, 2.45) is 4.99 Å². The summed E-state index contributed by atoms with van der Waals surface area (Å²) in [6.07, 6.45) is -1.45. The number of nitrogens with one attached hydrogen (secondary N) is 1. The summed E-state index contributed by atoms with van der Waals surface area (Å²) in [6, 6.07) is 5.96. The normalized spacial score (nSPS) is 12.3. The Labute approximate surface area is 153 Å². The number of hydrogen-bond acceptors (Lipinski definition) is 6. The topological polar surface area (TPSA) is 100 Å². The van der Waals surface area contributed by atoms with Crippen LogP contribution in [0.1, 0.15) is 41.5 Å². The zero-order valence-corrected chi connectivity index (χ0v) is 16.3. The van der Waals surface area contributed by atoms with Gasteiger partial charge in [0.05, 0.1) is 5.69 Å². The average molecular weight is 365 g/mol. The van der Waals surface area contributed by atoms with E-state index in [4.69, 9.17) is 9.47 Å². The molecule has 1 rings (SSSR count). The zero-order valence-electron chi connectivity index (χ0n) is 16.3. The van der Waals surface area contributed by atoms with E-state index in [1.807, 2.05) is 0 Å². The van der Waals surface area contributed by atoms with Gasteiger partial charge in [0.25, 0.3) is 0 Å². The molecule has 0 unspecified atom stereocenters. The van der Waals surface area contributed by atoms with E-state index in [2.05, 4.69) is 10.3 Å². The third kappa shape index (κ3) is 7.87. The first-order valence-electron chi connectivity index (χ1n) is 8.11. The summed E-state index contributed by atoms with van der Waals surface area (Å²) in [5.41, 5.74) is -0.997. The van der Waals surface area contributed by atoms with Crippen molar-refractivity contribution in [2.45, 2.75) is 52.7 Å². The van der Waals surface area contributed by atoms with E-state index in [0.29, 0.717) is 5.69 Å². The predicted octanol–water partition coefficient (Wildman–Crippen LogP) is 3.77. The molecule has 26 heavy (non-hydrogen) atoms. The van der Waals surface area contributed by atoms with Crippen LogP contribution in [0.2, 0.25) is 0 Å². The van der Waals surface area contributed by atoms with Gasteiger partial charge in [0.15, 0.2) is 0 Å². The number of hydrogen-bond donors (Lipinski definition) is 2. The lowest BCUT2D eigenvalue weighted by molar-refractivity contribution is 0.0391. The molecule has 0 fully saturated rings. The zero-order chi connectivity index (χ0) is 20.1. The Morgan fingerprint density at radius 1 is 1.00 bits per heavy atom. The lowest BCUT2D eigenvalue weighted by Gasteiger charge is -2.26. The van der Waals surface area contributed by atoms with Crippen molar-refractivity contribution < 1.29 is 24.2 Å². The summed E-state index contributed by atoms with van der Waals surface area (Å²) in [6.45, 7) is 10.4. The van der Waals surface area contributed by atoms with Crippen LogP contribution in [0, 0.1) is 0 Å². The maximum atomic E-state index is 12.3. The van der Waals surface area contributed by atoms with Crippen molar-refractivity contribution in [2.75, 3.05) is 7.05 Å². The first-order chi connectivity index (χ1) is 11.8. The molecule has 0 aliphatic carbocycles. The SMILES string of the molecule is CN(C(=O)OC(C)(C)C)C(=Nc1ccc(O)cc1)NC(=O)OC(C)(C)C. The fourth-order valence-electron chi connectivity index (χ4n) is 1.65. The lowest BCUT2D eigenvalue weighted by Crippen LogP contribution is -2.48. The minimum absolute atomic E-state index is 0.0702. The van der Waals surface area contributed by atoms with Gasteiger partial charge in [-0.2, -0.15) is 0 Å². The van der Waals surface area contributed by atoms with Crippen molar-refractivity contribution in [3.8, 4) is 5.75 Å². The van der Waals surface area contributed by atoms with Gasteiger partial charge < -0.3 is 14.6 Å². The van der Waals surface area contributed by atoms with Crippen molar-refractivity contribution in [3.63, 3.8) is 0 Å². The second-order valence-corrected chi connectivity index (χ2v) is 7.62. The van der Waals surface area contributed by atoms with Gasteiger partial charge >= 0.3 is 12.2 Å². The molecule has 0 saturated heterocycles. The molecule has 1 aromatic carbocycles. The summed E-state index contributed by atoms with van der Waals surface area (Å²) in [5.74, 6) is 0.00490.